The zero-order valence-electron chi connectivity index (χ0n) is 10.2. The summed E-state index contributed by atoms with van der Waals surface area (Å²) < 4.78 is 13.9. The highest BCUT2D eigenvalue weighted by molar-refractivity contribution is 9.10. The number of hydrogen-bond donors (Lipinski definition) is 1. The number of rotatable bonds is 6. The molecule has 0 atom stereocenters. The summed E-state index contributed by atoms with van der Waals surface area (Å²) in [6.45, 7) is 4.04. The predicted octanol–water partition coefficient (Wildman–Crippen LogP) is 4.26. The van der Waals surface area contributed by atoms with E-state index >= 15 is 0 Å². The lowest BCUT2D eigenvalue weighted by Crippen LogP contribution is -2.23. The van der Waals surface area contributed by atoms with Crippen LogP contribution in [-0.4, -0.2) is 6.54 Å². The van der Waals surface area contributed by atoms with Crippen LogP contribution in [0.2, 0.25) is 0 Å². The van der Waals surface area contributed by atoms with Gasteiger partial charge in [0.1, 0.15) is 5.82 Å². The van der Waals surface area contributed by atoms with Gasteiger partial charge in [-0.2, -0.15) is 0 Å². The summed E-state index contributed by atoms with van der Waals surface area (Å²) >= 11 is 3.29. The van der Waals surface area contributed by atoms with Crippen molar-refractivity contribution in [3.05, 3.63) is 34.1 Å². The molecule has 0 heterocycles. The molecular weight excluding hydrogens is 281 g/mol. The van der Waals surface area contributed by atoms with Gasteiger partial charge in [-0.3, -0.25) is 0 Å². The number of hydrogen-bond acceptors (Lipinski definition) is 1. The Morgan fingerprint density at radius 2 is 2.18 bits per heavy atom. The van der Waals surface area contributed by atoms with Gasteiger partial charge >= 0.3 is 0 Å². The van der Waals surface area contributed by atoms with Crippen molar-refractivity contribution in [2.75, 3.05) is 6.54 Å². The minimum atomic E-state index is -0.181. The highest BCUT2D eigenvalue weighted by Crippen LogP contribution is 2.48. The van der Waals surface area contributed by atoms with Crippen LogP contribution in [0.3, 0.4) is 0 Å². The van der Waals surface area contributed by atoms with Gasteiger partial charge in [0.25, 0.3) is 0 Å². The summed E-state index contributed by atoms with van der Waals surface area (Å²) in [5.74, 6) is -0.181. The van der Waals surface area contributed by atoms with Gasteiger partial charge < -0.3 is 5.32 Å². The standard InChI is InChI=1S/C14H19BrFN/c1-2-6-14(7-8-14)10-17-9-11-4-3-5-12(16)13(11)15/h3-5,17H,2,6-10H2,1H3. The van der Waals surface area contributed by atoms with E-state index in [0.717, 1.165) is 18.7 Å². The highest BCUT2D eigenvalue weighted by Gasteiger charge is 2.40. The van der Waals surface area contributed by atoms with E-state index in [4.69, 9.17) is 0 Å². The van der Waals surface area contributed by atoms with E-state index in [9.17, 15) is 4.39 Å². The number of nitrogens with one attached hydrogen (secondary N) is 1. The van der Waals surface area contributed by atoms with Crippen LogP contribution in [0.4, 0.5) is 4.39 Å². The molecule has 0 aromatic heterocycles. The smallest absolute Gasteiger partial charge is 0.137 e. The second kappa shape index (κ2) is 5.49. The van der Waals surface area contributed by atoms with Crippen molar-refractivity contribution in [1.82, 2.24) is 5.32 Å². The third kappa shape index (κ3) is 3.29. The molecule has 2 rings (SSSR count). The van der Waals surface area contributed by atoms with Gasteiger partial charge in [-0.15, -0.1) is 0 Å². The van der Waals surface area contributed by atoms with E-state index in [2.05, 4.69) is 28.2 Å². The molecule has 3 heteroatoms. The van der Waals surface area contributed by atoms with E-state index in [0.29, 0.717) is 9.89 Å². The zero-order chi connectivity index (χ0) is 12.3. The van der Waals surface area contributed by atoms with Crippen LogP contribution in [0.5, 0.6) is 0 Å². The summed E-state index contributed by atoms with van der Waals surface area (Å²) in [6, 6.07) is 5.20. The first-order valence-electron chi connectivity index (χ1n) is 6.30. The second-order valence-electron chi connectivity index (χ2n) is 5.07. The molecule has 0 bridgehead atoms. The molecule has 94 valence electrons. The van der Waals surface area contributed by atoms with Crippen LogP contribution in [0.25, 0.3) is 0 Å². The third-order valence-corrected chi connectivity index (χ3v) is 4.47. The highest BCUT2D eigenvalue weighted by atomic mass is 79.9. The van der Waals surface area contributed by atoms with Crippen molar-refractivity contribution in [2.24, 2.45) is 5.41 Å². The van der Waals surface area contributed by atoms with E-state index in [1.54, 1.807) is 6.07 Å². The Labute approximate surface area is 111 Å². The van der Waals surface area contributed by atoms with Gasteiger partial charge in [0, 0.05) is 13.1 Å². The normalized spacial score (nSPS) is 17.1. The minimum absolute atomic E-state index is 0.181. The summed E-state index contributed by atoms with van der Waals surface area (Å²) in [6.07, 6.45) is 5.26. The third-order valence-electron chi connectivity index (χ3n) is 3.58. The van der Waals surface area contributed by atoms with Gasteiger partial charge in [-0.25, -0.2) is 4.39 Å². The van der Waals surface area contributed by atoms with E-state index < -0.39 is 0 Å². The Morgan fingerprint density at radius 3 is 2.82 bits per heavy atom. The van der Waals surface area contributed by atoms with Gasteiger partial charge in [0.05, 0.1) is 4.47 Å². The average Bonchev–Trinajstić information content (AvgIpc) is 3.05. The number of halogens is 2. The predicted molar refractivity (Wildman–Crippen MR) is 72.4 cm³/mol. The molecule has 1 aromatic rings. The van der Waals surface area contributed by atoms with Gasteiger partial charge in [-0.1, -0.05) is 25.5 Å². The topological polar surface area (TPSA) is 12.0 Å². The van der Waals surface area contributed by atoms with Gasteiger partial charge in [0.2, 0.25) is 0 Å². The monoisotopic (exact) mass is 299 g/mol. The maximum atomic E-state index is 13.3. The van der Waals surface area contributed by atoms with Crippen molar-refractivity contribution < 1.29 is 4.39 Å². The van der Waals surface area contributed by atoms with Gasteiger partial charge in [-0.05, 0) is 52.2 Å². The molecular formula is C14H19BrFN. The molecule has 1 aliphatic carbocycles. The van der Waals surface area contributed by atoms with Crippen molar-refractivity contribution >= 4 is 15.9 Å². The quantitative estimate of drug-likeness (QED) is 0.828. The Morgan fingerprint density at radius 1 is 1.41 bits per heavy atom. The molecule has 0 spiro atoms. The Hall–Kier alpha value is -0.410. The van der Waals surface area contributed by atoms with Crippen LogP contribution in [0, 0.1) is 11.2 Å². The fraction of sp³-hybridized carbons (Fsp3) is 0.571. The molecule has 0 unspecified atom stereocenters. The van der Waals surface area contributed by atoms with E-state index in [-0.39, 0.29) is 5.82 Å². The molecule has 0 aliphatic heterocycles. The molecule has 1 saturated carbocycles. The van der Waals surface area contributed by atoms with Crippen LogP contribution in [0.1, 0.15) is 38.2 Å². The van der Waals surface area contributed by atoms with E-state index in [1.807, 2.05) is 6.07 Å². The number of benzene rings is 1. The fourth-order valence-corrected chi connectivity index (χ4v) is 2.77. The van der Waals surface area contributed by atoms with Crippen molar-refractivity contribution in [1.29, 1.82) is 0 Å². The first-order valence-corrected chi connectivity index (χ1v) is 7.10. The molecule has 0 amide bonds. The van der Waals surface area contributed by atoms with Crippen molar-refractivity contribution in [3.8, 4) is 0 Å². The van der Waals surface area contributed by atoms with Crippen LogP contribution >= 0.6 is 15.9 Å². The van der Waals surface area contributed by atoms with Crippen molar-refractivity contribution in [2.45, 2.75) is 39.2 Å². The second-order valence-corrected chi connectivity index (χ2v) is 5.86. The fourth-order valence-electron chi connectivity index (χ4n) is 2.37. The van der Waals surface area contributed by atoms with E-state index in [1.165, 1.54) is 31.7 Å². The molecule has 0 saturated heterocycles. The molecule has 1 nitrogen and oxygen atoms in total. The summed E-state index contributed by atoms with van der Waals surface area (Å²) in [7, 11) is 0. The minimum Gasteiger partial charge on any atom is -0.312 e. The van der Waals surface area contributed by atoms with Crippen LogP contribution in [0.15, 0.2) is 22.7 Å². The maximum Gasteiger partial charge on any atom is 0.137 e. The first-order chi connectivity index (χ1) is 8.17. The summed E-state index contributed by atoms with van der Waals surface area (Å²) in [5.41, 5.74) is 1.55. The SMILES string of the molecule is CCCC1(CNCc2cccc(F)c2Br)CC1. The molecule has 1 fully saturated rings. The zero-order valence-corrected chi connectivity index (χ0v) is 11.8. The average molecular weight is 300 g/mol. The summed E-state index contributed by atoms with van der Waals surface area (Å²) in [4.78, 5) is 0. The van der Waals surface area contributed by atoms with Crippen LogP contribution < -0.4 is 5.32 Å². The lowest BCUT2D eigenvalue weighted by molar-refractivity contribution is 0.420. The Kier molecular flexibility index (Phi) is 4.21. The molecule has 0 radical (unpaired) electrons. The molecule has 17 heavy (non-hydrogen) atoms. The Bertz CT molecular complexity index is 388. The maximum absolute atomic E-state index is 13.3. The molecule has 1 aromatic carbocycles. The molecule has 1 aliphatic rings. The largest absolute Gasteiger partial charge is 0.312 e. The Balaban J connectivity index is 1.84. The van der Waals surface area contributed by atoms with Gasteiger partial charge in [0.15, 0.2) is 0 Å². The molecule has 1 N–H and O–H groups in total. The first kappa shape index (κ1) is 13.0. The van der Waals surface area contributed by atoms with Crippen molar-refractivity contribution in [3.63, 3.8) is 0 Å². The lowest BCUT2D eigenvalue weighted by atomic mass is 10.0. The van der Waals surface area contributed by atoms with Crippen LogP contribution in [-0.2, 0) is 6.54 Å². The summed E-state index contributed by atoms with van der Waals surface area (Å²) in [5, 5.41) is 3.46. The lowest BCUT2D eigenvalue weighted by Gasteiger charge is -2.15.